The summed E-state index contributed by atoms with van der Waals surface area (Å²) in [4.78, 5) is 0. The lowest BCUT2D eigenvalue weighted by molar-refractivity contribution is -0.185. The van der Waals surface area contributed by atoms with E-state index in [0.717, 1.165) is 25.4 Å². The van der Waals surface area contributed by atoms with Gasteiger partial charge in [0.25, 0.3) is 0 Å². The zero-order valence-corrected chi connectivity index (χ0v) is 12.5. The van der Waals surface area contributed by atoms with E-state index in [1.54, 1.807) is 0 Å². The molecular formula is C16H29NO2. The summed E-state index contributed by atoms with van der Waals surface area (Å²) in [6.45, 7) is 5.49. The number of rotatable bonds is 6. The third-order valence-electron chi connectivity index (χ3n) is 4.93. The van der Waals surface area contributed by atoms with Crippen LogP contribution in [0.5, 0.6) is 0 Å². The smallest absolute Gasteiger partial charge is 0.0698 e. The van der Waals surface area contributed by atoms with Crippen LogP contribution in [0.15, 0.2) is 0 Å². The summed E-state index contributed by atoms with van der Waals surface area (Å²) in [6.07, 6.45) is 11.1. The molecule has 1 heterocycles. The second kappa shape index (κ2) is 5.71. The van der Waals surface area contributed by atoms with Gasteiger partial charge in [0.05, 0.1) is 23.9 Å². The van der Waals surface area contributed by atoms with Gasteiger partial charge in [0.15, 0.2) is 0 Å². The van der Waals surface area contributed by atoms with Crippen molar-refractivity contribution >= 4 is 0 Å². The molecule has 110 valence electrons. The lowest BCUT2D eigenvalue weighted by atomic mass is 9.77. The molecule has 1 aliphatic heterocycles. The molecular weight excluding hydrogens is 238 g/mol. The average molecular weight is 267 g/mol. The molecule has 3 fully saturated rings. The third kappa shape index (κ3) is 3.71. The van der Waals surface area contributed by atoms with Crippen LogP contribution in [-0.4, -0.2) is 36.5 Å². The topological polar surface area (TPSA) is 30.5 Å². The van der Waals surface area contributed by atoms with Crippen LogP contribution >= 0.6 is 0 Å². The SMILES string of the molecule is CC1CC(OC2(CCNC3CC3)CCC2)CC(C)O1. The van der Waals surface area contributed by atoms with Gasteiger partial charge in [-0.1, -0.05) is 0 Å². The summed E-state index contributed by atoms with van der Waals surface area (Å²) in [7, 11) is 0. The standard InChI is InChI=1S/C16H29NO2/c1-12-10-15(11-13(2)18-12)19-16(6-3-7-16)8-9-17-14-4-5-14/h12-15,17H,3-11H2,1-2H3. The summed E-state index contributed by atoms with van der Waals surface area (Å²) >= 11 is 0. The molecule has 1 N–H and O–H groups in total. The Morgan fingerprint density at radius 3 is 2.37 bits per heavy atom. The molecule has 3 rings (SSSR count). The largest absolute Gasteiger partial charge is 0.375 e. The average Bonchev–Trinajstić information content (AvgIpc) is 3.08. The lowest BCUT2D eigenvalue weighted by Gasteiger charge is -2.46. The first-order valence-corrected chi connectivity index (χ1v) is 8.22. The van der Waals surface area contributed by atoms with Gasteiger partial charge in [-0.3, -0.25) is 0 Å². The van der Waals surface area contributed by atoms with Crippen LogP contribution in [0.2, 0.25) is 0 Å². The van der Waals surface area contributed by atoms with Crippen LogP contribution in [0.25, 0.3) is 0 Å². The van der Waals surface area contributed by atoms with Crippen LogP contribution in [0.4, 0.5) is 0 Å². The third-order valence-corrected chi connectivity index (χ3v) is 4.93. The summed E-state index contributed by atoms with van der Waals surface area (Å²) in [5.74, 6) is 0. The van der Waals surface area contributed by atoms with E-state index in [1.807, 2.05) is 0 Å². The van der Waals surface area contributed by atoms with Crippen LogP contribution in [0.1, 0.15) is 65.2 Å². The molecule has 2 aliphatic carbocycles. The van der Waals surface area contributed by atoms with Gasteiger partial charge < -0.3 is 14.8 Å². The molecule has 0 spiro atoms. The van der Waals surface area contributed by atoms with Crippen molar-refractivity contribution in [3.63, 3.8) is 0 Å². The van der Waals surface area contributed by atoms with Crippen molar-refractivity contribution in [2.24, 2.45) is 0 Å². The highest BCUT2D eigenvalue weighted by Gasteiger charge is 2.41. The molecule has 1 saturated heterocycles. The van der Waals surface area contributed by atoms with E-state index in [9.17, 15) is 0 Å². The Hall–Kier alpha value is -0.120. The minimum Gasteiger partial charge on any atom is -0.375 e. The van der Waals surface area contributed by atoms with Crippen molar-refractivity contribution in [1.82, 2.24) is 5.32 Å². The van der Waals surface area contributed by atoms with Crippen molar-refractivity contribution in [2.45, 2.75) is 95.2 Å². The Labute approximate surface area is 117 Å². The maximum atomic E-state index is 6.54. The molecule has 2 atom stereocenters. The molecule has 2 saturated carbocycles. The fourth-order valence-corrected chi connectivity index (χ4v) is 3.58. The molecule has 2 unspecified atom stereocenters. The van der Waals surface area contributed by atoms with Gasteiger partial charge >= 0.3 is 0 Å². The van der Waals surface area contributed by atoms with E-state index in [-0.39, 0.29) is 5.60 Å². The summed E-state index contributed by atoms with van der Waals surface area (Å²) < 4.78 is 12.3. The molecule has 3 heteroatoms. The van der Waals surface area contributed by atoms with Gasteiger partial charge in [0.1, 0.15) is 0 Å². The van der Waals surface area contributed by atoms with Crippen LogP contribution in [0, 0.1) is 0 Å². The predicted molar refractivity (Wildman–Crippen MR) is 76.3 cm³/mol. The Kier molecular flexibility index (Phi) is 4.16. The van der Waals surface area contributed by atoms with E-state index in [0.29, 0.717) is 18.3 Å². The first-order valence-electron chi connectivity index (χ1n) is 8.22. The summed E-state index contributed by atoms with van der Waals surface area (Å²) in [6, 6.07) is 0.820. The predicted octanol–water partition coefficient (Wildman–Crippen LogP) is 3.02. The van der Waals surface area contributed by atoms with Crippen molar-refractivity contribution in [3.8, 4) is 0 Å². The Morgan fingerprint density at radius 2 is 1.84 bits per heavy atom. The van der Waals surface area contributed by atoms with Gasteiger partial charge in [-0.2, -0.15) is 0 Å². The van der Waals surface area contributed by atoms with Crippen molar-refractivity contribution in [3.05, 3.63) is 0 Å². The quantitative estimate of drug-likeness (QED) is 0.802. The summed E-state index contributed by atoms with van der Waals surface area (Å²) in [5.41, 5.74) is 0.198. The number of hydrogen-bond donors (Lipinski definition) is 1. The molecule has 0 aromatic heterocycles. The monoisotopic (exact) mass is 267 g/mol. The molecule has 3 nitrogen and oxygen atoms in total. The highest BCUT2D eigenvalue weighted by Crippen LogP contribution is 2.41. The maximum absolute atomic E-state index is 6.54. The second-order valence-corrected chi connectivity index (χ2v) is 6.98. The highest BCUT2D eigenvalue weighted by molar-refractivity contribution is 4.93. The first-order chi connectivity index (χ1) is 9.15. The zero-order valence-electron chi connectivity index (χ0n) is 12.5. The fraction of sp³-hybridized carbons (Fsp3) is 1.00. The van der Waals surface area contributed by atoms with Crippen LogP contribution in [-0.2, 0) is 9.47 Å². The minimum absolute atomic E-state index is 0.198. The molecule has 0 amide bonds. The second-order valence-electron chi connectivity index (χ2n) is 6.98. The van der Waals surface area contributed by atoms with E-state index in [4.69, 9.17) is 9.47 Å². The fourth-order valence-electron chi connectivity index (χ4n) is 3.58. The molecule has 3 aliphatic rings. The van der Waals surface area contributed by atoms with Crippen LogP contribution in [0.3, 0.4) is 0 Å². The molecule has 0 aromatic rings. The van der Waals surface area contributed by atoms with Gasteiger partial charge in [-0.05, 0) is 71.8 Å². The van der Waals surface area contributed by atoms with E-state index in [1.165, 1.54) is 38.5 Å². The lowest BCUT2D eigenvalue weighted by Crippen LogP contribution is -2.48. The number of nitrogens with one attached hydrogen (secondary N) is 1. The molecule has 19 heavy (non-hydrogen) atoms. The van der Waals surface area contributed by atoms with Crippen molar-refractivity contribution < 1.29 is 9.47 Å². The van der Waals surface area contributed by atoms with Gasteiger partial charge in [0.2, 0.25) is 0 Å². The van der Waals surface area contributed by atoms with Gasteiger partial charge in [0, 0.05) is 6.04 Å². The molecule has 0 radical (unpaired) electrons. The van der Waals surface area contributed by atoms with E-state index in [2.05, 4.69) is 19.2 Å². The van der Waals surface area contributed by atoms with Crippen LogP contribution < -0.4 is 5.32 Å². The Bertz CT molecular complexity index is 289. The van der Waals surface area contributed by atoms with E-state index < -0.39 is 0 Å². The molecule has 0 bridgehead atoms. The minimum atomic E-state index is 0.198. The van der Waals surface area contributed by atoms with Gasteiger partial charge in [-0.25, -0.2) is 0 Å². The summed E-state index contributed by atoms with van der Waals surface area (Å²) in [5, 5.41) is 3.63. The molecule has 0 aromatic carbocycles. The first kappa shape index (κ1) is 13.8. The number of ether oxygens (including phenoxy) is 2. The Balaban J connectivity index is 1.47. The van der Waals surface area contributed by atoms with Crippen molar-refractivity contribution in [2.75, 3.05) is 6.54 Å². The normalized spacial score (nSPS) is 37.9. The Morgan fingerprint density at radius 1 is 1.16 bits per heavy atom. The van der Waals surface area contributed by atoms with Gasteiger partial charge in [-0.15, -0.1) is 0 Å². The maximum Gasteiger partial charge on any atom is 0.0698 e. The number of hydrogen-bond acceptors (Lipinski definition) is 3. The zero-order chi connectivity index (χ0) is 13.3. The highest BCUT2D eigenvalue weighted by atomic mass is 16.5. The van der Waals surface area contributed by atoms with Crippen molar-refractivity contribution in [1.29, 1.82) is 0 Å². The van der Waals surface area contributed by atoms with E-state index >= 15 is 0 Å².